The molecule has 0 bridgehead atoms. The number of aryl methyl sites for hydroxylation is 2. The summed E-state index contributed by atoms with van der Waals surface area (Å²) in [7, 11) is 0. The first kappa shape index (κ1) is 32.6. The third-order valence-electron chi connectivity index (χ3n) is 6.44. The Bertz CT molecular complexity index is 1390. The van der Waals surface area contributed by atoms with Gasteiger partial charge < -0.3 is 14.8 Å². The zero-order chi connectivity index (χ0) is 31.2. The van der Waals surface area contributed by atoms with Gasteiger partial charge in [-0.3, -0.25) is 9.78 Å². The van der Waals surface area contributed by atoms with Gasteiger partial charge in [0.25, 0.3) is 0 Å². The molecule has 0 aliphatic carbocycles. The van der Waals surface area contributed by atoms with Crippen molar-refractivity contribution in [3.63, 3.8) is 0 Å². The standard InChI is InChI=1S/C33H39F3N2O4/c1-20(2)16-28-27(18-37-31(40)42-32(5,6)7)30(24-12-8-21(3)9-13-24)26(22(4)38-28)17-29(39)41-19-23-10-14-25(15-11-23)33(34,35)36/h8-15,20H,16-19H2,1-7H3,(H,37,40). The minimum absolute atomic E-state index is 0.107. The highest BCUT2D eigenvalue weighted by Crippen LogP contribution is 2.34. The molecule has 0 saturated heterocycles. The van der Waals surface area contributed by atoms with Gasteiger partial charge in [-0.25, -0.2) is 4.79 Å². The summed E-state index contributed by atoms with van der Waals surface area (Å²) < 4.78 is 49.6. The number of pyridine rings is 1. The van der Waals surface area contributed by atoms with E-state index in [1.54, 1.807) is 20.8 Å². The van der Waals surface area contributed by atoms with Gasteiger partial charge >= 0.3 is 18.2 Å². The molecule has 0 saturated carbocycles. The van der Waals surface area contributed by atoms with Crippen LogP contribution in [-0.2, 0) is 46.4 Å². The van der Waals surface area contributed by atoms with Crippen molar-refractivity contribution in [2.75, 3.05) is 0 Å². The highest BCUT2D eigenvalue weighted by atomic mass is 19.4. The molecule has 1 N–H and O–H groups in total. The van der Waals surface area contributed by atoms with Crippen LogP contribution in [0, 0.1) is 19.8 Å². The molecule has 0 unspecified atom stereocenters. The van der Waals surface area contributed by atoms with Crippen LogP contribution in [0.25, 0.3) is 11.1 Å². The lowest BCUT2D eigenvalue weighted by Gasteiger charge is -2.23. The molecule has 6 nitrogen and oxygen atoms in total. The molecule has 226 valence electrons. The van der Waals surface area contributed by atoms with Crippen LogP contribution < -0.4 is 5.32 Å². The van der Waals surface area contributed by atoms with E-state index in [2.05, 4.69) is 19.2 Å². The summed E-state index contributed by atoms with van der Waals surface area (Å²) in [5.41, 5.74) is 4.65. The summed E-state index contributed by atoms with van der Waals surface area (Å²) in [6, 6.07) is 12.4. The lowest BCUT2D eigenvalue weighted by molar-refractivity contribution is -0.144. The van der Waals surface area contributed by atoms with Crippen molar-refractivity contribution in [1.29, 1.82) is 0 Å². The average Bonchev–Trinajstić information content (AvgIpc) is 2.87. The van der Waals surface area contributed by atoms with Gasteiger partial charge in [-0.05, 0) is 81.3 Å². The first-order chi connectivity index (χ1) is 19.5. The summed E-state index contributed by atoms with van der Waals surface area (Å²) in [6.07, 6.45) is -4.46. The van der Waals surface area contributed by atoms with Gasteiger partial charge in [-0.15, -0.1) is 0 Å². The quantitative estimate of drug-likeness (QED) is 0.259. The molecule has 0 radical (unpaired) electrons. The molecule has 0 fully saturated rings. The topological polar surface area (TPSA) is 77.5 Å². The van der Waals surface area contributed by atoms with E-state index in [0.29, 0.717) is 23.2 Å². The molecule has 2 aromatic carbocycles. The highest BCUT2D eigenvalue weighted by molar-refractivity contribution is 5.81. The highest BCUT2D eigenvalue weighted by Gasteiger charge is 2.30. The number of halogens is 3. The molecular formula is C33H39F3N2O4. The summed E-state index contributed by atoms with van der Waals surface area (Å²) >= 11 is 0. The number of aromatic nitrogens is 1. The number of nitrogens with zero attached hydrogens (tertiary/aromatic N) is 1. The Balaban J connectivity index is 1.98. The van der Waals surface area contributed by atoms with Gasteiger partial charge in [0.05, 0.1) is 12.0 Å². The van der Waals surface area contributed by atoms with E-state index in [0.717, 1.165) is 40.1 Å². The van der Waals surface area contributed by atoms with Crippen LogP contribution >= 0.6 is 0 Å². The van der Waals surface area contributed by atoms with Gasteiger partial charge in [-0.1, -0.05) is 55.8 Å². The number of alkyl carbamates (subject to hydrolysis) is 1. The summed E-state index contributed by atoms with van der Waals surface area (Å²) in [5.74, 6) is -0.265. The van der Waals surface area contributed by atoms with Crippen LogP contribution in [0.2, 0.25) is 0 Å². The first-order valence-corrected chi connectivity index (χ1v) is 13.9. The molecule has 0 aliphatic heterocycles. The Morgan fingerprint density at radius 1 is 0.929 bits per heavy atom. The number of rotatable bonds is 9. The van der Waals surface area contributed by atoms with E-state index in [-0.39, 0.29) is 25.5 Å². The monoisotopic (exact) mass is 584 g/mol. The fourth-order valence-electron chi connectivity index (χ4n) is 4.50. The minimum Gasteiger partial charge on any atom is -0.461 e. The normalized spacial score (nSPS) is 11.9. The maximum absolute atomic E-state index is 13.1. The minimum atomic E-state index is -4.44. The molecule has 0 aliphatic rings. The van der Waals surface area contributed by atoms with E-state index >= 15 is 0 Å². The fraction of sp³-hybridized carbons (Fsp3) is 0.424. The molecule has 0 atom stereocenters. The molecule has 42 heavy (non-hydrogen) atoms. The third-order valence-corrected chi connectivity index (χ3v) is 6.44. The Kier molecular flexibility index (Phi) is 10.4. The number of hydrogen-bond acceptors (Lipinski definition) is 5. The van der Waals surface area contributed by atoms with Crippen molar-refractivity contribution in [1.82, 2.24) is 10.3 Å². The summed E-state index contributed by atoms with van der Waals surface area (Å²) in [5, 5.41) is 2.86. The van der Waals surface area contributed by atoms with E-state index in [9.17, 15) is 22.8 Å². The molecule has 1 aromatic heterocycles. The second-order valence-electron chi connectivity index (χ2n) is 11.8. The summed E-state index contributed by atoms with van der Waals surface area (Å²) in [4.78, 5) is 30.5. The Morgan fingerprint density at radius 3 is 2.10 bits per heavy atom. The average molecular weight is 585 g/mol. The lowest BCUT2D eigenvalue weighted by Crippen LogP contribution is -2.32. The number of amides is 1. The predicted octanol–water partition coefficient (Wildman–Crippen LogP) is 7.89. The number of ether oxygens (including phenoxy) is 2. The molecule has 1 amide bonds. The van der Waals surface area contributed by atoms with E-state index in [1.165, 1.54) is 12.1 Å². The number of carbonyl (C=O) groups excluding carboxylic acids is 2. The lowest BCUT2D eigenvalue weighted by atomic mass is 9.88. The zero-order valence-corrected chi connectivity index (χ0v) is 25.2. The maximum Gasteiger partial charge on any atom is 0.416 e. The van der Waals surface area contributed by atoms with Crippen LogP contribution in [0.3, 0.4) is 0 Å². The van der Waals surface area contributed by atoms with Crippen molar-refractivity contribution in [2.45, 2.75) is 86.2 Å². The number of carbonyl (C=O) groups is 2. The number of alkyl halides is 3. The Morgan fingerprint density at radius 2 is 1.55 bits per heavy atom. The number of esters is 1. The molecule has 3 aromatic rings. The summed E-state index contributed by atoms with van der Waals surface area (Å²) in [6.45, 7) is 13.3. The second kappa shape index (κ2) is 13.4. The predicted molar refractivity (Wildman–Crippen MR) is 156 cm³/mol. The van der Waals surface area contributed by atoms with Crippen molar-refractivity contribution in [3.8, 4) is 11.1 Å². The van der Waals surface area contributed by atoms with E-state index in [4.69, 9.17) is 14.5 Å². The van der Waals surface area contributed by atoms with Crippen LogP contribution in [0.1, 0.15) is 73.8 Å². The number of benzene rings is 2. The molecule has 9 heteroatoms. The van der Waals surface area contributed by atoms with Gasteiger partial charge in [0.2, 0.25) is 0 Å². The van der Waals surface area contributed by atoms with Crippen LogP contribution in [0.15, 0.2) is 48.5 Å². The van der Waals surface area contributed by atoms with Gasteiger partial charge in [0.15, 0.2) is 0 Å². The number of nitrogens with one attached hydrogen (secondary N) is 1. The van der Waals surface area contributed by atoms with Crippen LogP contribution in [-0.4, -0.2) is 22.6 Å². The van der Waals surface area contributed by atoms with Crippen molar-refractivity contribution < 1.29 is 32.2 Å². The van der Waals surface area contributed by atoms with Gasteiger partial charge in [-0.2, -0.15) is 13.2 Å². The van der Waals surface area contributed by atoms with Crippen LogP contribution in [0.5, 0.6) is 0 Å². The number of hydrogen-bond donors (Lipinski definition) is 1. The largest absolute Gasteiger partial charge is 0.461 e. The van der Waals surface area contributed by atoms with Crippen LogP contribution in [0.4, 0.5) is 18.0 Å². The Labute approximate surface area is 245 Å². The van der Waals surface area contributed by atoms with E-state index in [1.807, 2.05) is 38.1 Å². The smallest absolute Gasteiger partial charge is 0.416 e. The Hall–Kier alpha value is -3.88. The third kappa shape index (κ3) is 9.33. The van der Waals surface area contributed by atoms with E-state index < -0.39 is 29.4 Å². The van der Waals surface area contributed by atoms with Gasteiger partial charge in [0, 0.05) is 23.5 Å². The second-order valence-corrected chi connectivity index (χ2v) is 11.8. The molecule has 0 spiro atoms. The fourth-order valence-corrected chi connectivity index (χ4v) is 4.50. The first-order valence-electron chi connectivity index (χ1n) is 13.9. The SMILES string of the molecule is Cc1ccc(-c2c(CC(=O)OCc3ccc(C(F)(F)F)cc3)c(C)nc(CC(C)C)c2CNC(=O)OC(C)(C)C)cc1. The van der Waals surface area contributed by atoms with Crippen molar-refractivity contribution >= 4 is 12.1 Å². The van der Waals surface area contributed by atoms with Gasteiger partial charge in [0.1, 0.15) is 12.2 Å². The molecule has 3 rings (SSSR count). The van der Waals surface area contributed by atoms with Crippen molar-refractivity contribution in [3.05, 3.63) is 87.7 Å². The zero-order valence-electron chi connectivity index (χ0n) is 25.2. The molecule has 1 heterocycles. The maximum atomic E-state index is 13.1. The molecular weight excluding hydrogens is 545 g/mol. The van der Waals surface area contributed by atoms with Crippen molar-refractivity contribution in [2.24, 2.45) is 5.92 Å².